The summed E-state index contributed by atoms with van der Waals surface area (Å²) in [6.07, 6.45) is 1.44. The number of sulfonamides is 1. The van der Waals surface area contributed by atoms with Crippen molar-refractivity contribution in [2.45, 2.75) is 26.3 Å². The molecule has 1 aliphatic heterocycles. The zero-order valence-corrected chi connectivity index (χ0v) is 16.5. The van der Waals surface area contributed by atoms with Crippen molar-refractivity contribution in [2.75, 3.05) is 35.7 Å². The fourth-order valence-electron chi connectivity index (χ4n) is 3.08. The Balaban J connectivity index is 2.28. The van der Waals surface area contributed by atoms with Gasteiger partial charge in [-0.05, 0) is 31.4 Å². The van der Waals surface area contributed by atoms with Crippen molar-refractivity contribution in [3.63, 3.8) is 0 Å². The summed E-state index contributed by atoms with van der Waals surface area (Å²) in [6.45, 7) is 3.23. The highest BCUT2D eigenvalue weighted by Crippen LogP contribution is 2.27. The molecule has 140 valence electrons. The molecule has 0 saturated carbocycles. The second-order valence-corrected chi connectivity index (χ2v) is 10.7. The first kappa shape index (κ1) is 19.7. The number of para-hydroxylation sites is 1. The van der Waals surface area contributed by atoms with E-state index in [9.17, 15) is 21.6 Å². The normalized spacial score (nSPS) is 19.6. The van der Waals surface area contributed by atoms with Gasteiger partial charge in [-0.15, -0.1) is 0 Å². The molecule has 1 atom stereocenters. The minimum absolute atomic E-state index is 0.0575. The fraction of sp³-hybridized carbons (Fsp3) is 0.562. The van der Waals surface area contributed by atoms with Gasteiger partial charge in [-0.25, -0.2) is 16.8 Å². The largest absolute Gasteiger partial charge is 0.340 e. The highest BCUT2D eigenvalue weighted by atomic mass is 32.2. The maximum absolute atomic E-state index is 12.6. The Kier molecular flexibility index (Phi) is 5.48. The lowest BCUT2D eigenvalue weighted by molar-refractivity contribution is -0.129. The van der Waals surface area contributed by atoms with Gasteiger partial charge in [0.1, 0.15) is 6.54 Å². The first-order chi connectivity index (χ1) is 11.4. The highest BCUT2D eigenvalue weighted by molar-refractivity contribution is 7.92. The molecule has 0 bridgehead atoms. The van der Waals surface area contributed by atoms with Crippen LogP contribution in [0.25, 0.3) is 0 Å². The van der Waals surface area contributed by atoms with Crippen LogP contribution in [0.1, 0.15) is 17.5 Å². The van der Waals surface area contributed by atoms with Gasteiger partial charge in [-0.2, -0.15) is 0 Å². The molecule has 1 aliphatic rings. The minimum Gasteiger partial charge on any atom is -0.340 e. The summed E-state index contributed by atoms with van der Waals surface area (Å²) in [5, 5.41) is 0. The second-order valence-electron chi connectivity index (χ2n) is 6.57. The Morgan fingerprint density at radius 1 is 1.24 bits per heavy atom. The van der Waals surface area contributed by atoms with E-state index in [-0.39, 0.29) is 18.1 Å². The molecule has 1 fully saturated rings. The number of aryl methyl sites for hydroxylation is 2. The first-order valence-corrected chi connectivity index (χ1v) is 11.6. The maximum atomic E-state index is 12.6. The Morgan fingerprint density at radius 3 is 2.24 bits per heavy atom. The third-order valence-electron chi connectivity index (χ3n) is 4.52. The topological polar surface area (TPSA) is 91.8 Å². The van der Waals surface area contributed by atoms with Gasteiger partial charge in [0.15, 0.2) is 9.84 Å². The monoisotopic (exact) mass is 388 g/mol. The number of likely N-dealkylation sites (N-methyl/N-ethyl adjacent to an activating group) is 1. The smallest absolute Gasteiger partial charge is 0.243 e. The molecule has 1 heterocycles. The second kappa shape index (κ2) is 6.95. The summed E-state index contributed by atoms with van der Waals surface area (Å²) < 4.78 is 48.9. The molecule has 1 aromatic rings. The minimum atomic E-state index is -3.67. The van der Waals surface area contributed by atoms with Crippen molar-refractivity contribution in [3.8, 4) is 0 Å². The molecule has 0 N–H and O–H groups in total. The van der Waals surface area contributed by atoms with Gasteiger partial charge in [-0.1, -0.05) is 18.2 Å². The average Bonchev–Trinajstić information content (AvgIpc) is 2.84. The third kappa shape index (κ3) is 4.52. The predicted octanol–water partition coefficient (Wildman–Crippen LogP) is 0.715. The van der Waals surface area contributed by atoms with Crippen LogP contribution in [0.3, 0.4) is 0 Å². The Bertz CT molecular complexity index is 858. The van der Waals surface area contributed by atoms with Crippen LogP contribution in [-0.4, -0.2) is 65.0 Å². The van der Waals surface area contributed by atoms with E-state index < -0.39 is 31.8 Å². The molecule has 0 radical (unpaired) electrons. The molecule has 1 unspecified atom stereocenters. The summed E-state index contributed by atoms with van der Waals surface area (Å²) in [5.74, 6) is -0.436. The summed E-state index contributed by atoms with van der Waals surface area (Å²) in [4.78, 5) is 14.0. The van der Waals surface area contributed by atoms with Crippen LogP contribution in [0.15, 0.2) is 18.2 Å². The van der Waals surface area contributed by atoms with Crippen molar-refractivity contribution in [3.05, 3.63) is 29.3 Å². The molecule has 0 aromatic heterocycles. The Labute approximate surface area is 149 Å². The van der Waals surface area contributed by atoms with Gasteiger partial charge in [0, 0.05) is 13.1 Å². The van der Waals surface area contributed by atoms with Crippen molar-refractivity contribution < 1.29 is 21.6 Å². The molecule has 1 saturated heterocycles. The lowest BCUT2D eigenvalue weighted by Gasteiger charge is -2.29. The van der Waals surface area contributed by atoms with E-state index in [0.29, 0.717) is 12.1 Å². The van der Waals surface area contributed by atoms with E-state index in [1.165, 1.54) is 11.9 Å². The van der Waals surface area contributed by atoms with E-state index >= 15 is 0 Å². The van der Waals surface area contributed by atoms with Crippen molar-refractivity contribution in [2.24, 2.45) is 0 Å². The van der Waals surface area contributed by atoms with E-state index in [1.54, 1.807) is 26.0 Å². The molecule has 2 rings (SSSR count). The van der Waals surface area contributed by atoms with Crippen molar-refractivity contribution >= 4 is 31.5 Å². The van der Waals surface area contributed by atoms with Gasteiger partial charge in [-0.3, -0.25) is 9.10 Å². The van der Waals surface area contributed by atoms with Crippen LogP contribution in [0.4, 0.5) is 5.69 Å². The molecule has 9 heteroatoms. The third-order valence-corrected chi connectivity index (χ3v) is 7.38. The Hall–Kier alpha value is -1.61. The summed E-state index contributed by atoms with van der Waals surface area (Å²) in [6, 6.07) is 5.00. The molecule has 0 aliphatic carbocycles. The number of carbonyl (C=O) groups excluding carboxylic acids is 1. The highest BCUT2D eigenvalue weighted by Gasteiger charge is 2.34. The van der Waals surface area contributed by atoms with E-state index in [4.69, 9.17) is 0 Å². The number of benzene rings is 1. The first-order valence-electron chi connectivity index (χ1n) is 7.92. The fourth-order valence-corrected chi connectivity index (χ4v) is 5.82. The number of anilines is 1. The number of hydrogen-bond donors (Lipinski definition) is 0. The van der Waals surface area contributed by atoms with Crippen LogP contribution >= 0.6 is 0 Å². The average molecular weight is 389 g/mol. The summed E-state index contributed by atoms with van der Waals surface area (Å²) in [7, 11) is -5.27. The zero-order valence-electron chi connectivity index (χ0n) is 14.9. The number of nitrogens with zero attached hydrogens (tertiary/aromatic N) is 2. The quantitative estimate of drug-likeness (QED) is 0.741. The van der Waals surface area contributed by atoms with Gasteiger partial charge in [0.2, 0.25) is 15.9 Å². The van der Waals surface area contributed by atoms with E-state index in [2.05, 4.69) is 0 Å². The van der Waals surface area contributed by atoms with Crippen molar-refractivity contribution in [1.29, 1.82) is 0 Å². The summed E-state index contributed by atoms with van der Waals surface area (Å²) >= 11 is 0. The number of amides is 1. The number of rotatable bonds is 5. The number of hydrogen-bond acceptors (Lipinski definition) is 5. The lowest BCUT2D eigenvalue weighted by Crippen LogP contribution is -2.45. The number of carbonyl (C=O) groups is 1. The molecule has 7 nitrogen and oxygen atoms in total. The molecule has 1 amide bonds. The SMILES string of the molecule is Cc1cccc(C)c1N(CC(=O)N(C)C1CCS(=O)(=O)C1)S(C)(=O)=O. The molecule has 1 aromatic carbocycles. The molecule has 25 heavy (non-hydrogen) atoms. The molecular weight excluding hydrogens is 364 g/mol. The molecule has 0 spiro atoms. The van der Waals surface area contributed by atoms with Crippen molar-refractivity contribution in [1.82, 2.24) is 4.90 Å². The molecular formula is C16H24N2O5S2. The van der Waals surface area contributed by atoms with Gasteiger partial charge in [0.25, 0.3) is 0 Å². The zero-order chi connectivity index (χ0) is 19.0. The van der Waals surface area contributed by atoms with Gasteiger partial charge < -0.3 is 4.90 Å². The maximum Gasteiger partial charge on any atom is 0.243 e. The Morgan fingerprint density at radius 2 is 1.80 bits per heavy atom. The standard InChI is InChI=1S/C16H24N2O5S2/c1-12-6-5-7-13(2)16(12)18(24(4,20)21)10-15(19)17(3)14-8-9-25(22,23)11-14/h5-7,14H,8-11H2,1-4H3. The van der Waals surface area contributed by atoms with Crippen LogP contribution in [0, 0.1) is 13.8 Å². The predicted molar refractivity (Wildman–Crippen MR) is 97.9 cm³/mol. The van der Waals surface area contributed by atoms with E-state index in [1.807, 2.05) is 6.07 Å². The van der Waals surface area contributed by atoms with Crippen LogP contribution in [-0.2, 0) is 24.7 Å². The van der Waals surface area contributed by atoms with Gasteiger partial charge in [0.05, 0.1) is 23.4 Å². The summed E-state index contributed by atoms with van der Waals surface area (Å²) in [5.41, 5.74) is 2.00. The number of sulfone groups is 1. The lowest BCUT2D eigenvalue weighted by atomic mass is 10.1. The van der Waals surface area contributed by atoms with Crippen LogP contribution < -0.4 is 4.31 Å². The van der Waals surface area contributed by atoms with Crippen LogP contribution in [0.5, 0.6) is 0 Å². The van der Waals surface area contributed by atoms with E-state index in [0.717, 1.165) is 21.7 Å². The van der Waals surface area contributed by atoms with Gasteiger partial charge >= 0.3 is 0 Å². The van der Waals surface area contributed by atoms with Crippen LogP contribution in [0.2, 0.25) is 0 Å².